The molecule has 0 spiro atoms. The van der Waals surface area contributed by atoms with Crippen LogP contribution in [0.15, 0.2) is 12.2 Å². The summed E-state index contributed by atoms with van der Waals surface area (Å²) in [5, 5.41) is 197. The molecule has 0 aromatic heterocycles. The van der Waals surface area contributed by atoms with Crippen LogP contribution in [0.2, 0.25) is 0 Å². The highest BCUT2D eigenvalue weighted by Crippen LogP contribution is 2.41. The van der Waals surface area contributed by atoms with Gasteiger partial charge in [0.2, 0.25) is 17.7 Å². The number of ether oxygens (including phenoxy) is 10. The van der Waals surface area contributed by atoms with E-state index < -0.39 is 235 Å². The Morgan fingerprint density at radius 3 is 1.35 bits per heavy atom. The second-order valence-corrected chi connectivity index (χ2v) is 31.8. The van der Waals surface area contributed by atoms with Gasteiger partial charge < -0.3 is 150 Å². The summed E-state index contributed by atoms with van der Waals surface area (Å²) >= 11 is 0. The molecule has 5 rings (SSSR count). The van der Waals surface area contributed by atoms with E-state index in [1.807, 2.05) is 6.08 Å². The molecule has 34 nitrogen and oxygen atoms in total. The van der Waals surface area contributed by atoms with E-state index in [2.05, 4.69) is 29.8 Å². The monoisotopic (exact) mass is 1640 g/mol. The number of carbonyl (C=O) groups is 4. The Morgan fingerprint density at radius 2 is 0.868 bits per heavy atom. The van der Waals surface area contributed by atoms with E-state index in [-0.39, 0.29) is 12.3 Å². The number of allylic oxidation sites excluding steroid dienone is 1. The van der Waals surface area contributed by atoms with Gasteiger partial charge in [-0.2, -0.15) is 0 Å². The van der Waals surface area contributed by atoms with E-state index in [1.54, 1.807) is 6.08 Å². The molecular weight excluding hydrogens is 1500 g/mol. The van der Waals surface area contributed by atoms with Gasteiger partial charge in [-0.1, -0.05) is 225 Å². The maximum absolute atomic E-state index is 13.8. The maximum Gasteiger partial charge on any atom is 0.364 e. The lowest BCUT2D eigenvalue weighted by atomic mass is 9.88. The number of hydrogen-bond acceptors (Lipinski definition) is 30. The third-order valence-corrected chi connectivity index (χ3v) is 22.3. The minimum Gasteiger partial charge on any atom is -0.477 e. The van der Waals surface area contributed by atoms with Crippen molar-refractivity contribution < 1.29 is 153 Å². The Balaban J connectivity index is 1.33. The molecule has 114 heavy (non-hydrogen) atoms. The summed E-state index contributed by atoms with van der Waals surface area (Å²) < 4.78 is 60.2. The van der Waals surface area contributed by atoms with Crippen molar-refractivity contribution >= 4 is 23.7 Å². The van der Waals surface area contributed by atoms with E-state index in [0.717, 1.165) is 71.6 Å². The molecule has 34 heteroatoms. The largest absolute Gasteiger partial charge is 0.477 e. The minimum absolute atomic E-state index is 0.136. The third kappa shape index (κ3) is 32.9. The molecule has 0 saturated carbocycles. The fourth-order valence-electron chi connectivity index (χ4n) is 15.6. The summed E-state index contributed by atoms with van der Waals surface area (Å²) in [7, 11) is 0. The molecular formula is C80H145N3O31. The van der Waals surface area contributed by atoms with Gasteiger partial charge in [0.15, 0.2) is 25.2 Å². The number of carboxylic acids is 1. The van der Waals surface area contributed by atoms with Gasteiger partial charge in [0.1, 0.15) is 116 Å². The summed E-state index contributed by atoms with van der Waals surface area (Å²) in [5.41, 5.74) is 0. The van der Waals surface area contributed by atoms with Crippen LogP contribution < -0.4 is 16.0 Å². The highest BCUT2D eigenvalue weighted by molar-refractivity contribution is 5.77. The van der Waals surface area contributed by atoms with Crippen LogP contribution >= 0.6 is 0 Å². The molecule has 20 N–H and O–H groups in total. The van der Waals surface area contributed by atoms with Gasteiger partial charge in [0.05, 0.1) is 63.9 Å². The predicted octanol–water partition coefficient (Wildman–Crippen LogP) is 1.69. The number of carbonyl (C=O) groups excluding carboxylic acids is 3. The molecule has 0 bridgehead atoms. The lowest BCUT2D eigenvalue weighted by Crippen LogP contribution is -2.72. The predicted molar refractivity (Wildman–Crippen MR) is 411 cm³/mol. The number of aliphatic carboxylic acids is 1. The second-order valence-electron chi connectivity index (χ2n) is 31.8. The molecule has 0 aromatic carbocycles. The van der Waals surface area contributed by atoms with E-state index >= 15 is 0 Å². The number of carboxylic acid groups (broad SMARTS) is 1. The second kappa shape index (κ2) is 55.5. The molecule has 3 amide bonds. The number of rotatable bonds is 59. The Morgan fingerprint density at radius 1 is 0.456 bits per heavy atom. The zero-order valence-corrected chi connectivity index (χ0v) is 67.8. The molecule has 5 heterocycles. The quantitative estimate of drug-likeness (QED) is 0.0304. The molecule has 28 unspecified atom stereocenters. The molecule has 0 radical (unpaired) electrons. The summed E-state index contributed by atoms with van der Waals surface area (Å²) in [6.07, 6.45) is -7.01. The fourth-order valence-corrected chi connectivity index (χ4v) is 15.6. The van der Waals surface area contributed by atoms with Crippen LogP contribution in [-0.2, 0) is 66.5 Å². The first-order chi connectivity index (χ1) is 54.8. The smallest absolute Gasteiger partial charge is 0.364 e. The molecule has 5 aliphatic heterocycles. The molecule has 28 atom stereocenters. The standard InChI is InChI=1S/C80H145N3O31/c1-5-7-9-11-13-15-17-19-20-21-22-23-24-25-26-27-29-31-33-35-37-39-41-59(94)83-51(52(91)40-38-36-34-32-30-28-18-16-14-12-10-8-6-2)48-105-76-68(101)66(99)70(57(46-87)108-76)110-78-69(102)74(114-80(79(103)104)42-53(92)60(81-49(3)89)73(113-80)62(95)54(93)43-84)71(58(47-88)109-78)111-75-61(82-50(4)90)72(64(97)56(45-86)106-75)112-77-67(100)65(98)63(96)55(44-85)107-77/h38,40,51-58,60-78,84-88,91-93,95-102H,5-37,39,41-48H2,1-4H3,(H,81,89)(H,82,90)(H,83,94)(H,103,104). The van der Waals surface area contributed by atoms with Crippen molar-refractivity contribution in [3.63, 3.8) is 0 Å². The van der Waals surface area contributed by atoms with Crippen LogP contribution in [0, 0.1) is 0 Å². The maximum atomic E-state index is 13.8. The van der Waals surface area contributed by atoms with Gasteiger partial charge in [-0.05, 0) is 19.3 Å². The number of hydrogen-bond donors (Lipinski definition) is 20. The van der Waals surface area contributed by atoms with Crippen LogP contribution in [0.1, 0.15) is 259 Å². The fraction of sp³-hybridized carbons (Fsp3) is 0.925. The average molecular weight is 1650 g/mol. The van der Waals surface area contributed by atoms with E-state index in [0.29, 0.717) is 12.8 Å². The molecule has 0 aliphatic carbocycles. The van der Waals surface area contributed by atoms with Crippen molar-refractivity contribution in [2.45, 2.75) is 430 Å². The SMILES string of the molecule is CCCCCCCCCCCCCC=CC(O)C(COC1OC(CO)C(OC2OC(CO)C(OC3OC(CO)C(O)C(OC4OC(CO)C(O)C(O)C4O)C3NC(C)=O)C(OC3(C(=O)O)CC(O)C(NC(C)=O)C(C(O)C(O)CO)O3)C2O)C(O)C1O)NC(=O)CCCCCCCCCCCCCCCCCCCCCCCC. The Kier molecular flexibility index (Phi) is 49.2. The topological polar surface area (TPSA) is 541 Å². The van der Waals surface area contributed by atoms with Gasteiger partial charge >= 0.3 is 5.97 Å². The zero-order valence-electron chi connectivity index (χ0n) is 67.8. The zero-order chi connectivity index (χ0) is 83.7. The van der Waals surface area contributed by atoms with Gasteiger partial charge in [0.25, 0.3) is 5.79 Å². The third-order valence-electron chi connectivity index (χ3n) is 22.3. The van der Waals surface area contributed by atoms with Crippen LogP contribution in [0.4, 0.5) is 0 Å². The first-order valence-corrected chi connectivity index (χ1v) is 42.6. The first kappa shape index (κ1) is 101. The number of amides is 3. The number of aliphatic hydroxyl groups excluding tert-OH is 16. The van der Waals surface area contributed by atoms with Crippen molar-refractivity contribution in [2.75, 3.05) is 39.6 Å². The van der Waals surface area contributed by atoms with E-state index in [9.17, 15) is 106 Å². The highest BCUT2D eigenvalue weighted by Gasteiger charge is 2.62. The van der Waals surface area contributed by atoms with Crippen molar-refractivity contribution in [1.82, 2.24) is 16.0 Å². The van der Waals surface area contributed by atoms with Gasteiger partial charge in [-0.25, -0.2) is 4.79 Å². The lowest BCUT2D eigenvalue weighted by molar-refractivity contribution is -0.403. The van der Waals surface area contributed by atoms with Gasteiger partial charge in [0, 0.05) is 26.7 Å². The lowest BCUT2D eigenvalue weighted by Gasteiger charge is -2.52. The summed E-state index contributed by atoms with van der Waals surface area (Å²) in [6, 6.07) is -4.81. The van der Waals surface area contributed by atoms with Crippen LogP contribution in [0.25, 0.3) is 0 Å². The summed E-state index contributed by atoms with van der Waals surface area (Å²) in [4.78, 5) is 53.1. The Labute approximate surface area is 672 Å². The molecule has 666 valence electrons. The van der Waals surface area contributed by atoms with Crippen LogP contribution in [0.3, 0.4) is 0 Å². The number of nitrogens with one attached hydrogen (secondary N) is 3. The normalized spacial score (nSPS) is 33.2. The number of unbranched alkanes of at least 4 members (excludes halogenated alkanes) is 32. The number of aliphatic hydroxyl groups is 16. The van der Waals surface area contributed by atoms with Crippen molar-refractivity contribution in [2.24, 2.45) is 0 Å². The van der Waals surface area contributed by atoms with Crippen molar-refractivity contribution in [3.8, 4) is 0 Å². The van der Waals surface area contributed by atoms with Crippen molar-refractivity contribution in [1.29, 1.82) is 0 Å². The van der Waals surface area contributed by atoms with Crippen molar-refractivity contribution in [3.05, 3.63) is 12.2 Å². The van der Waals surface area contributed by atoms with E-state index in [4.69, 9.17) is 47.4 Å². The summed E-state index contributed by atoms with van der Waals surface area (Å²) in [5.74, 6) is -7.70. The minimum atomic E-state index is -3.38. The highest BCUT2D eigenvalue weighted by atomic mass is 16.8. The molecule has 5 aliphatic rings. The van der Waals surface area contributed by atoms with Gasteiger partial charge in [-0.3, -0.25) is 14.4 Å². The van der Waals surface area contributed by atoms with E-state index in [1.165, 1.54) is 148 Å². The molecule has 0 aromatic rings. The summed E-state index contributed by atoms with van der Waals surface area (Å²) in [6.45, 7) is 0.360. The molecule has 5 fully saturated rings. The first-order valence-electron chi connectivity index (χ1n) is 42.6. The van der Waals surface area contributed by atoms with Crippen LogP contribution in [0.5, 0.6) is 0 Å². The average Bonchev–Trinajstić information content (AvgIpc) is 0.745. The Bertz CT molecular complexity index is 2630. The van der Waals surface area contributed by atoms with Gasteiger partial charge in [-0.15, -0.1) is 0 Å². The molecule has 5 saturated heterocycles. The van der Waals surface area contributed by atoms with Crippen LogP contribution in [-0.4, -0.2) is 321 Å². The Hall–Kier alpha value is -3.42.